The molecule has 0 spiro atoms. The Labute approximate surface area is 108 Å². The number of likely N-dealkylation sites (N-methyl/N-ethyl adjacent to an activating group) is 1. The largest absolute Gasteiger partial charge is 0.351 e. The Kier molecular flexibility index (Phi) is 5.10. The SMILES string of the molecule is CC(NCC1(N(C)C)CCCC1)C(=O)NC(N)=O. The summed E-state index contributed by atoms with van der Waals surface area (Å²) in [6.07, 6.45) is 4.72. The molecule has 0 aromatic carbocycles. The first-order chi connectivity index (χ1) is 8.37. The number of rotatable bonds is 5. The van der Waals surface area contributed by atoms with Gasteiger partial charge in [-0.05, 0) is 33.9 Å². The van der Waals surface area contributed by atoms with Crippen molar-refractivity contribution in [1.82, 2.24) is 15.5 Å². The molecule has 1 fully saturated rings. The lowest BCUT2D eigenvalue weighted by molar-refractivity contribution is -0.121. The van der Waals surface area contributed by atoms with Crippen LogP contribution in [0.5, 0.6) is 0 Å². The van der Waals surface area contributed by atoms with E-state index in [1.165, 1.54) is 12.8 Å². The van der Waals surface area contributed by atoms with Crippen molar-refractivity contribution in [3.05, 3.63) is 0 Å². The van der Waals surface area contributed by atoms with Crippen molar-refractivity contribution in [1.29, 1.82) is 0 Å². The maximum absolute atomic E-state index is 11.5. The molecule has 0 radical (unpaired) electrons. The van der Waals surface area contributed by atoms with Crippen molar-refractivity contribution < 1.29 is 9.59 Å². The van der Waals surface area contributed by atoms with E-state index in [9.17, 15) is 9.59 Å². The van der Waals surface area contributed by atoms with Crippen LogP contribution < -0.4 is 16.4 Å². The van der Waals surface area contributed by atoms with Gasteiger partial charge in [-0.3, -0.25) is 10.1 Å². The number of primary amides is 1. The van der Waals surface area contributed by atoms with Crippen LogP contribution in [0.4, 0.5) is 4.79 Å². The van der Waals surface area contributed by atoms with Crippen molar-refractivity contribution >= 4 is 11.9 Å². The molecule has 1 unspecified atom stereocenters. The molecule has 6 heteroatoms. The van der Waals surface area contributed by atoms with E-state index in [4.69, 9.17) is 5.73 Å². The van der Waals surface area contributed by atoms with Crippen LogP contribution in [0.3, 0.4) is 0 Å². The van der Waals surface area contributed by atoms with Crippen LogP contribution in [-0.4, -0.2) is 49.1 Å². The first-order valence-electron chi connectivity index (χ1n) is 6.38. The van der Waals surface area contributed by atoms with Crippen molar-refractivity contribution in [3.8, 4) is 0 Å². The summed E-state index contributed by atoms with van der Waals surface area (Å²) in [6, 6.07) is -1.23. The molecule has 4 N–H and O–H groups in total. The molecule has 0 aromatic heterocycles. The number of imide groups is 1. The summed E-state index contributed by atoms with van der Waals surface area (Å²) < 4.78 is 0. The lowest BCUT2D eigenvalue weighted by Gasteiger charge is -2.37. The highest BCUT2D eigenvalue weighted by Gasteiger charge is 2.36. The second-order valence-electron chi connectivity index (χ2n) is 5.28. The van der Waals surface area contributed by atoms with Gasteiger partial charge >= 0.3 is 6.03 Å². The maximum atomic E-state index is 11.5. The van der Waals surface area contributed by atoms with Crippen LogP contribution >= 0.6 is 0 Å². The monoisotopic (exact) mass is 256 g/mol. The Hall–Kier alpha value is -1.14. The minimum atomic E-state index is -0.808. The van der Waals surface area contributed by atoms with E-state index < -0.39 is 12.1 Å². The highest BCUT2D eigenvalue weighted by molar-refractivity contribution is 5.96. The molecule has 0 aromatic rings. The quantitative estimate of drug-likeness (QED) is 0.648. The first-order valence-corrected chi connectivity index (χ1v) is 6.38. The first kappa shape index (κ1) is 14.9. The number of amides is 3. The van der Waals surface area contributed by atoms with E-state index in [1.54, 1.807) is 6.92 Å². The second kappa shape index (κ2) is 6.15. The fraction of sp³-hybridized carbons (Fsp3) is 0.833. The molecule has 1 saturated carbocycles. The lowest BCUT2D eigenvalue weighted by atomic mass is 9.95. The van der Waals surface area contributed by atoms with E-state index in [0.717, 1.165) is 19.4 Å². The number of urea groups is 1. The Morgan fingerprint density at radius 2 is 1.89 bits per heavy atom. The smallest absolute Gasteiger partial charge is 0.318 e. The fourth-order valence-corrected chi connectivity index (χ4v) is 2.48. The number of nitrogens with zero attached hydrogens (tertiary/aromatic N) is 1. The molecule has 6 nitrogen and oxygen atoms in total. The normalized spacial score (nSPS) is 19.8. The van der Waals surface area contributed by atoms with Crippen LogP contribution in [-0.2, 0) is 4.79 Å². The molecule has 0 saturated heterocycles. The zero-order valence-corrected chi connectivity index (χ0v) is 11.5. The minimum Gasteiger partial charge on any atom is -0.351 e. The summed E-state index contributed by atoms with van der Waals surface area (Å²) in [4.78, 5) is 24.4. The summed E-state index contributed by atoms with van der Waals surface area (Å²) in [5.74, 6) is -0.380. The van der Waals surface area contributed by atoms with Gasteiger partial charge in [0.25, 0.3) is 0 Å². The van der Waals surface area contributed by atoms with E-state index in [-0.39, 0.29) is 11.4 Å². The average molecular weight is 256 g/mol. The van der Waals surface area contributed by atoms with Gasteiger partial charge in [-0.15, -0.1) is 0 Å². The third-order valence-electron chi connectivity index (χ3n) is 3.86. The number of hydrogen-bond acceptors (Lipinski definition) is 4. The Balaban J connectivity index is 2.47. The highest BCUT2D eigenvalue weighted by atomic mass is 16.2. The second-order valence-corrected chi connectivity index (χ2v) is 5.28. The van der Waals surface area contributed by atoms with Gasteiger partial charge in [-0.2, -0.15) is 0 Å². The summed E-state index contributed by atoms with van der Waals surface area (Å²) >= 11 is 0. The molecule has 1 rings (SSSR count). The van der Waals surface area contributed by atoms with Crippen LogP contribution in [0.2, 0.25) is 0 Å². The van der Waals surface area contributed by atoms with E-state index in [1.807, 2.05) is 0 Å². The molecule has 104 valence electrons. The predicted octanol–water partition coefficient (Wildman–Crippen LogP) is 0.0338. The van der Waals surface area contributed by atoms with Crippen LogP contribution in [0.25, 0.3) is 0 Å². The summed E-state index contributed by atoms with van der Waals surface area (Å²) in [6.45, 7) is 2.48. The van der Waals surface area contributed by atoms with Gasteiger partial charge in [0.15, 0.2) is 0 Å². The molecular formula is C12H24N4O2. The average Bonchev–Trinajstić information content (AvgIpc) is 2.74. The number of carbonyl (C=O) groups is 2. The Bertz CT molecular complexity index is 311. The summed E-state index contributed by atoms with van der Waals surface area (Å²) in [7, 11) is 4.14. The van der Waals surface area contributed by atoms with Crippen molar-refractivity contribution in [2.75, 3.05) is 20.6 Å². The molecule has 3 amide bonds. The fourth-order valence-electron chi connectivity index (χ4n) is 2.48. The number of nitrogens with one attached hydrogen (secondary N) is 2. The number of carbonyl (C=O) groups excluding carboxylic acids is 2. The van der Waals surface area contributed by atoms with Crippen LogP contribution in [0, 0.1) is 0 Å². The molecule has 1 aliphatic rings. The molecule has 0 aliphatic heterocycles. The predicted molar refractivity (Wildman–Crippen MR) is 70.1 cm³/mol. The van der Waals surface area contributed by atoms with Gasteiger partial charge in [-0.1, -0.05) is 12.8 Å². The van der Waals surface area contributed by atoms with Crippen molar-refractivity contribution in [2.45, 2.75) is 44.2 Å². The number of hydrogen-bond donors (Lipinski definition) is 3. The van der Waals surface area contributed by atoms with Crippen molar-refractivity contribution in [3.63, 3.8) is 0 Å². The lowest BCUT2D eigenvalue weighted by Crippen LogP contribution is -2.54. The van der Waals surface area contributed by atoms with E-state index in [0.29, 0.717) is 0 Å². The van der Waals surface area contributed by atoms with Gasteiger partial charge in [0.1, 0.15) is 0 Å². The van der Waals surface area contributed by atoms with Gasteiger partial charge in [0.05, 0.1) is 6.04 Å². The maximum Gasteiger partial charge on any atom is 0.318 e. The third kappa shape index (κ3) is 3.68. The van der Waals surface area contributed by atoms with Gasteiger partial charge in [0, 0.05) is 12.1 Å². The zero-order chi connectivity index (χ0) is 13.8. The number of nitrogens with two attached hydrogens (primary N) is 1. The van der Waals surface area contributed by atoms with Crippen molar-refractivity contribution in [2.24, 2.45) is 5.73 Å². The van der Waals surface area contributed by atoms with E-state index >= 15 is 0 Å². The summed E-state index contributed by atoms with van der Waals surface area (Å²) in [5.41, 5.74) is 5.04. The minimum absolute atomic E-state index is 0.126. The molecule has 0 heterocycles. The molecular weight excluding hydrogens is 232 g/mol. The highest BCUT2D eigenvalue weighted by Crippen LogP contribution is 2.33. The van der Waals surface area contributed by atoms with Gasteiger partial charge in [-0.25, -0.2) is 4.79 Å². The van der Waals surface area contributed by atoms with Gasteiger partial charge < -0.3 is 16.0 Å². The zero-order valence-electron chi connectivity index (χ0n) is 11.5. The standard InChI is InChI=1S/C12H24N4O2/c1-9(10(17)15-11(13)18)14-8-12(16(2)3)6-4-5-7-12/h9,14H,4-8H2,1-3H3,(H3,13,15,17,18). The molecule has 1 aliphatic carbocycles. The third-order valence-corrected chi connectivity index (χ3v) is 3.86. The van der Waals surface area contributed by atoms with Crippen LogP contribution in [0.15, 0.2) is 0 Å². The molecule has 1 atom stereocenters. The Morgan fingerprint density at radius 3 is 2.33 bits per heavy atom. The van der Waals surface area contributed by atoms with Gasteiger partial charge in [0.2, 0.25) is 5.91 Å². The summed E-state index contributed by atoms with van der Waals surface area (Å²) in [5, 5.41) is 5.27. The molecule has 18 heavy (non-hydrogen) atoms. The topological polar surface area (TPSA) is 87.5 Å². The molecule has 0 bridgehead atoms. The Morgan fingerprint density at radius 1 is 1.33 bits per heavy atom. The van der Waals surface area contributed by atoms with E-state index in [2.05, 4.69) is 29.6 Å². The van der Waals surface area contributed by atoms with Crippen LogP contribution in [0.1, 0.15) is 32.6 Å².